The number of carbonyl (C=O) groups is 2. The number of carbonyl (C=O) groups excluding carboxylic acids is 2. The largest absolute Gasteiger partial charge is 0.352 e. The molecule has 0 bridgehead atoms. The molecule has 0 fully saturated rings. The van der Waals surface area contributed by atoms with E-state index in [9.17, 15) is 9.59 Å². The molecule has 2 amide bonds. The van der Waals surface area contributed by atoms with Gasteiger partial charge in [-0.15, -0.1) is 0 Å². The summed E-state index contributed by atoms with van der Waals surface area (Å²) in [6, 6.07) is 23.9. The minimum Gasteiger partial charge on any atom is -0.352 e. The summed E-state index contributed by atoms with van der Waals surface area (Å²) >= 11 is 6.85. The Kier molecular flexibility index (Phi) is 9.50. The highest BCUT2D eigenvalue weighted by molar-refractivity contribution is 9.08. The van der Waals surface area contributed by atoms with E-state index in [2.05, 4.69) is 42.5 Å². The predicted octanol–water partition coefficient (Wildman–Crippen LogP) is 5.19. The van der Waals surface area contributed by atoms with Crippen LogP contribution in [0.15, 0.2) is 72.8 Å². The van der Waals surface area contributed by atoms with Crippen LogP contribution >= 0.6 is 31.9 Å². The molecule has 4 nitrogen and oxygen atoms in total. The normalized spacial score (nSPS) is 10.6. The first kappa shape index (κ1) is 24.2. The molecule has 2 N–H and O–H groups in total. The maximum atomic E-state index is 12.3. The van der Waals surface area contributed by atoms with Crippen molar-refractivity contribution in [2.45, 2.75) is 36.6 Å². The zero-order chi connectivity index (χ0) is 22.8. The molecule has 0 saturated carbocycles. The molecule has 0 unspecified atom stereocenters. The summed E-state index contributed by atoms with van der Waals surface area (Å²) in [4.78, 5) is 24.5. The van der Waals surface area contributed by atoms with E-state index in [1.165, 1.54) is 11.1 Å². The summed E-state index contributed by atoms with van der Waals surface area (Å²) in [7, 11) is 0. The molecule has 0 atom stereocenters. The lowest BCUT2D eigenvalue weighted by atomic mass is 10.1. The molecule has 0 spiro atoms. The molecule has 3 rings (SSSR count). The number of benzene rings is 3. The lowest BCUT2D eigenvalue weighted by Crippen LogP contribution is -2.25. The molecule has 166 valence electrons. The Labute approximate surface area is 206 Å². The monoisotopic (exact) mass is 556 g/mol. The minimum atomic E-state index is -0.0128. The number of amides is 2. The van der Waals surface area contributed by atoms with Gasteiger partial charge in [-0.1, -0.05) is 105 Å². The Balaban J connectivity index is 1.44. The quantitative estimate of drug-likeness (QED) is 0.337. The average Bonchev–Trinajstić information content (AvgIpc) is 2.83. The number of hydrogen-bond donors (Lipinski definition) is 2. The lowest BCUT2D eigenvalue weighted by molar-refractivity contribution is -0.121. The number of halogens is 2. The van der Waals surface area contributed by atoms with E-state index < -0.39 is 0 Å². The smallest absolute Gasteiger partial charge is 0.224 e. The molecule has 3 aromatic rings. The molecule has 3 aromatic carbocycles. The van der Waals surface area contributed by atoms with Crippen LogP contribution in [0.25, 0.3) is 0 Å². The first-order valence-electron chi connectivity index (χ1n) is 10.4. The maximum Gasteiger partial charge on any atom is 0.224 e. The van der Waals surface area contributed by atoms with Gasteiger partial charge >= 0.3 is 0 Å². The van der Waals surface area contributed by atoms with Crippen LogP contribution in [-0.4, -0.2) is 11.8 Å². The second-order valence-electron chi connectivity index (χ2n) is 7.63. The summed E-state index contributed by atoms with van der Waals surface area (Å²) in [6.07, 6.45) is 0.712. The van der Waals surface area contributed by atoms with E-state index >= 15 is 0 Å². The standard InChI is InChI=1S/C26H26Br2N2O2/c27-15-21-8-4-19(5-9-21)13-25(31)29-17-23-2-1-3-24(12-23)18-30-26(32)14-20-6-10-22(16-28)11-7-20/h1-12H,13-18H2,(H,29,31)(H,30,32). The molecule has 0 heterocycles. The van der Waals surface area contributed by atoms with Crippen LogP contribution in [0.2, 0.25) is 0 Å². The molecular formula is C26H26Br2N2O2. The van der Waals surface area contributed by atoms with Crippen molar-refractivity contribution in [1.82, 2.24) is 10.6 Å². The first-order valence-corrected chi connectivity index (χ1v) is 12.7. The van der Waals surface area contributed by atoms with Crippen LogP contribution in [0.5, 0.6) is 0 Å². The SMILES string of the molecule is O=C(Cc1ccc(CBr)cc1)NCc1cccc(CNC(=O)Cc2ccc(CBr)cc2)c1. The fourth-order valence-electron chi connectivity index (χ4n) is 3.24. The van der Waals surface area contributed by atoms with Crippen LogP contribution in [0.4, 0.5) is 0 Å². The Morgan fingerprint density at radius 1 is 0.562 bits per heavy atom. The van der Waals surface area contributed by atoms with Crippen LogP contribution in [0, 0.1) is 0 Å². The first-order chi connectivity index (χ1) is 15.6. The number of rotatable bonds is 10. The molecule has 0 saturated heterocycles. The third kappa shape index (κ3) is 7.92. The average molecular weight is 558 g/mol. The van der Waals surface area contributed by atoms with E-state index in [1.54, 1.807) is 0 Å². The molecule has 0 aliphatic rings. The van der Waals surface area contributed by atoms with Gasteiger partial charge in [-0.3, -0.25) is 9.59 Å². The van der Waals surface area contributed by atoms with Crippen molar-refractivity contribution in [2.75, 3.05) is 0 Å². The van der Waals surface area contributed by atoms with Crippen LogP contribution in [0.1, 0.15) is 33.4 Å². The topological polar surface area (TPSA) is 58.2 Å². The summed E-state index contributed by atoms with van der Waals surface area (Å²) < 4.78 is 0. The summed E-state index contributed by atoms with van der Waals surface area (Å²) in [6.45, 7) is 0.917. The molecule has 6 heteroatoms. The third-order valence-corrected chi connectivity index (χ3v) is 6.35. The van der Waals surface area contributed by atoms with Gasteiger partial charge in [0.25, 0.3) is 0 Å². The van der Waals surface area contributed by atoms with Crippen molar-refractivity contribution in [3.8, 4) is 0 Å². The van der Waals surface area contributed by atoms with E-state index in [0.717, 1.165) is 32.9 Å². The predicted molar refractivity (Wildman–Crippen MR) is 136 cm³/mol. The van der Waals surface area contributed by atoms with Crippen molar-refractivity contribution in [2.24, 2.45) is 0 Å². The van der Waals surface area contributed by atoms with Gasteiger partial charge in [-0.2, -0.15) is 0 Å². The highest BCUT2D eigenvalue weighted by atomic mass is 79.9. The fourth-order valence-corrected chi connectivity index (χ4v) is 3.99. The maximum absolute atomic E-state index is 12.3. The van der Waals surface area contributed by atoms with Gasteiger partial charge in [0.15, 0.2) is 0 Å². The lowest BCUT2D eigenvalue weighted by Gasteiger charge is -2.09. The van der Waals surface area contributed by atoms with Crippen molar-refractivity contribution >= 4 is 43.7 Å². The molecule has 32 heavy (non-hydrogen) atoms. The molecule has 0 radical (unpaired) electrons. The summed E-state index contributed by atoms with van der Waals surface area (Å²) in [5.41, 5.74) is 6.36. The molecule has 0 aliphatic carbocycles. The zero-order valence-corrected chi connectivity index (χ0v) is 20.9. The van der Waals surface area contributed by atoms with Crippen LogP contribution < -0.4 is 10.6 Å². The van der Waals surface area contributed by atoms with Crippen LogP contribution in [-0.2, 0) is 46.2 Å². The summed E-state index contributed by atoms with van der Waals surface area (Å²) in [5.74, 6) is -0.0255. The van der Waals surface area contributed by atoms with E-state index in [1.807, 2.05) is 72.8 Å². The van der Waals surface area contributed by atoms with Crippen molar-refractivity contribution in [1.29, 1.82) is 0 Å². The van der Waals surface area contributed by atoms with Gasteiger partial charge < -0.3 is 10.6 Å². The van der Waals surface area contributed by atoms with Gasteiger partial charge in [0.05, 0.1) is 12.8 Å². The molecular weight excluding hydrogens is 532 g/mol. The van der Waals surface area contributed by atoms with E-state index in [-0.39, 0.29) is 11.8 Å². The van der Waals surface area contributed by atoms with Crippen molar-refractivity contribution in [3.05, 3.63) is 106 Å². The van der Waals surface area contributed by atoms with Gasteiger partial charge in [-0.05, 0) is 33.4 Å². The summed E-state index contributed by atoms with van der Waals surface area (Å²) in [5, 5.41) is 7.56. The Hall–Kier alpha value is -2.44. The second-order valence-corrected chi connectivity index (χ2v) is 8.75. The van der Waals surface area contributed by atoms with Crippen molar-refractivity contribution < 1.29 is 9.59 Å². The van der Waals surface area contributed by atoms with Gasteiger partial charge in [0.1, 0.15) is 0 Å². The van der Waals surface area contributed by atoms with Crippen LogP contribution in [0.3, 0.4) is 0 Å². The van der Waals surface area contributed by atoms with Crippen molar-refractivity contribution in [3.63, 3.8) is 0 Å². The highest BCUT2D eigenvalue weighted by Gasteiger charge is 2.06. The van der Waals surface area contributed by atoms with E-state index in [4.69, 9.17) is 0 Å². The number of hydrogen-bond acceptors (Lipinski definition) is 2. The minimum absolute atomic E-state index is 0.0128. The molecule has 0 aliphatic heterocycles. The Morgan fingerprint density at radius 3 is 1.31 bits per heavy atom. The van der Waals surface area contributed by atoms with Gasteiger partial charge in [0.2, 0.25) is 11.8 Å². The third-order valence-electron chi connectivity index (χ3n) is 5.05. The van der Waals surface area contributed by atoms with E-state index in [0.29, 0.717) is 25.9 Å². The Morgan fingerprint density at radius 2 is 0.938 bits per heavy atom. The number of alkyl halides is 2. The highest BCUT2D eigenvalue weighted by Crippen LogP contribution is 2.10. The zero-order valence-electron chi connectivity index (χ0n) is 17.7. The second kappa shape index (κ2) is 12.6. The fraction of sp³-hybridized carbons (Fsp3) is 0.231. The Bertz CT molecular complexity index is 954. The van der Waals surface area contributed by atoms with Gasteiger partial charge in [-0.25, -0.2) is 0 Å². The van der Waals surface area contributed by atoms with Gasteiger partial charge in [0, 0.05) is 23.7 Å². The number of nitrogens with one attached hydrogen (secondary N) is 2. The molecule has 0 aromatic heterocycles.